The lowest BCUT2D eigenvalue weighted by molar-refractivity contribution is -0.125. The molecule has 1 amide bonds. The van der Waals surface area contributed by atoms with Crippen molar-refractivity contribution in [1.29, 1.82) is 0 Å². The third kappa shape index (κ3) is 3.01. The van der Waals surface area contributed by atoms with Crippen molar-refractivity contribution in [3.05, 3.63) is 34.7 Å². The molecule has 0 aliphatic carbocycles. The fourth-order valence-electron chi connectivity index (χ4n) is 2.67. The molecule has 0 fully saturated rings. The van der Waals surface area contributed by atoms with Crippen molar-refractivity contribution in [2.45, 2.75) is 33.2 Å². The number of benzene rings is 1. The molecule has 5 heteroatoms. The number of fused-ring (bicyclic) bond motifs is 1. The third-order valence-electron chi connectivity index (χ3n) is 4.04. The number of hydrogen-bond acceptors (Lipinski definition) is 2. The highest BCUT2D eigenvalue weighted by molar-refractivity contribution is 5.78. The highest BCUT2D eigenvalue weighted by Crippen LogP contribution is 2.11. The van der Waals surface area contributed by atoms with E-state index in [9.17, 15) is 9.59 Å². The normalized spacial score (nSPS) is 11.2. The van der Waals surface area contributed by atoms with Crippen LogP contribution < -0.4 is 11.0 Å². The van der Waals surface area contributed by atoms with E-state index in [2.05, 4.69) is 5.32 Å². The third-order valence-corrected chi connectivity index (χ3v) is 4.04. The molecule has 1 aromatic heterocycles. The molecule has 0 atom stereocenters. The van der Waals surface area contributed by atoms with Crippen LogP contribution in [0.3, 0.4) is 0 Å². The Morgan fingerprint density at radius 2 is 1.81 bits per heavy atom. The van der Waals surface area contributed by atoms with Crippen molar-refractivity contribution in [3.63, 3.8) is 0 Å². The minimum atomic E-state index is -0.0482. The van der Waals surface area contributed by atoms with Gasteiger partial charge in [0.15, 0.2) is 0 Å². The number of para-hydroxylation sites is 2. The summed E-state index contributed by atoms with van der Waals surface area (Å²) in [6.45, 7) is 5.00. The second-order valence-corrected chi connectivity index (χ2v) is 5.29. The SMILES string of the molecule is CCC(CC)C(=O)NCCn1c(=O)n(C)c2ccccc21. The van der Waals surface area contributed by atoms with E-state index >= 15 is 0 Å². The molecule has 2 aromatic rings. The van der Waals surface area contributed by atoms with Crippen LogP contribution in [0.2, 0.25) is 0 Å². The molecule has 114 valence electrons. The molecule has 0 aliphatic heterocycles. The van der Waals surface area contributed by atoms with Crippen LogP contribution in [-0.4, -0.2) is 21.6 Å². The van der Waals surface area contributed by atoms with Gasteiger partial charge in [-0.05, 0) is 25.0 Å². The maximum absolute atomic E-state index is 12.2. The van der Waals surface area contributed by atoms with Crippen LogP contribution in [0.1, 0.15) is 26.7 Å². The lowest BCUT2D eigenvalue weighted by Gasteiger charge is -2.12. The number of aromatic nitrogens is 2. The van der Waals surface area contributed by atoms with Gasteiger partial charge >= 0.3 is 5.69 Å². The maximum atomic E-state index is 12.2. The number of imidazole rings is 1. The Morgan fingerprint density at radius 1 is 1.19 bits per heavy atom. The summed E-state index contributed by atoms with van der Waals surface area (Å²) in [5.74, 6) is 0.141. The zero-order valence-electron chi connectivity index (χ0n) is 12.9. The number of carbonyl (C=O) groups is 1. The Labute approximate surface area is 124 Å². The summed E-state index contributed by atoms with van der Waals surface area (Å²) in [6, 6.07) is 7.69. The molecule has 0 bridgehead atoms. The molecule has 0 saturated carbocycles. The summed E-state index contributed by atoms with van der Waals surface area (Å²) in [5.41, 5.74) is 1.77. The number of aryl methyl sites for hydroxylation is 1. The molecule has 21 heavy (non-hydrogen) atoms. The number of nitrogens with zero attached hydrogens (tertiary/aromatic N) is 2. The van der Waals surface area contributed by atoms with Gasteiger partial charge in [-0.25, -0.2) is 4.79 Å². The topological polar surface area (TPSA) is 56.0 Å². The van der Waals surface area contributed by atoms with E-state index < -0.39 is 0 Å². The van der Waals surface area contributed by atoms with Gasteiger partial charge in [0.05, 0.1) is 11.0 Å². The van der Waals surface area contributed by atoms with E-state index in [1.165, 1.54) is 0 Å². The maximum Gasteiger partial charge on any atom is 0.328 e. The highest BCUT2D eigenvalue weighted by atomic mass is 16.2. The Hall–Kier alpha value is -2.04. The summed E-state index contributed by atoms with van der Waals surface area (Å²) in [5, 5.41) is 2.93. The van der Waals surface area contributed by atoms with Crippen LogP contribution in [0.4, 0.5) is 0 Å². The van der Waals surface area contributed by atoms with E-state index in [1.54, 1.807) is 16.2 Å². The Morgan fingerprint density at radius 3 is 2.43 bits per heavy atom. The van der Waals surface area contributed by atoms with E-state index in [0.29, 0.717) is 13.1 Å². The van der Waals surface area contributed by atoms with E-state index in [-0.39, 0.29) is 17.5 Å². The van der Waals surface area contributed by atoms with E-state index in [0.717, 1.165) is 23.9 Å². The molecule has 0 spiro atoms. The molecule has 0 unspecified atom stereocenters. The Bertz CT molecular complexity index is 680. The van der Waals surface area contributed by atoms with Crippen LogP contribution in [0.15, 0.2) is 29.1 Å². The molecule has 2 rings (SSSR count). The van der Waals surface area contributed by atoms with Crippen molar-refractivity contribution < 1.29 is 4.79 Å². The van der Waals surface area contributed by atoms with Crippen LogP contribution >= 0.6 is 0 Å². The van der Waals surface area contributed by atoms with Crippen LogP contribution in [0.25, 0.3) is 11.0 Å². The number of amides is 1. The van der Waals surface area contributed by atoms with Gasteiger partial charge < -0.3 is 5.32 Å². The first-order chi connectivity index (χ1) is 10.1. The first-order valence-corrected chi connectivity index (χ1v) is 7.52. The number of rotatable bonds is 6. The molecule has 0 radical (unpaired) electrons. The molecule has 0 saturated heterocycles. The van der Waals surface area contributed by atoms with E-state index in [1.807, 2.05) is 38.1 Å². The van der Waals surface area contributed by atoms with Gasteiger partial charge in [-0.1, -0.05) is 26.0 Å². The molecular formula is C16H23N3O2. The molecule has 1 heterocycles. The quantitative estimate of drug-likeness (QED) is 0.883. The lowest BCUT2D eigenvalue weighted by Crippen LogP contribution is -2.34. The standard InChI is InChI=1S/C16H23N3O2/c1-4-12(5-2)15(20)17-10-11-19-14-9-7-6-8-13(14)18(3)16(19)21/h6-9,12H,4-5,10-11H2,1-3H3,(H,17,20). The van der Waals surface area contributed by atoms with Gasteiger partial charge in [0.25, 0.3) is 0 Å². The van der Waals surface area contributed by atoms with Gasteiger partial charge in [-0.15, -0.1) is 0 Å². The average molecular weight is 289 g/mol. The minimum Gasteiger partial charge on any atom is -0.354 e. The van der Waals surface area contributed by atoms with Gasteiger partial charge in [0.2, 0.25) is 5.91 Å². The summed E-state index contributed by atoms with van der Waals surface area (Å²) in [6.07, 6.45) is 1.69. The number of carbonyl (C=O) groups excluding carboxylic acids is 1. The summed E-state index contributed by atoms with van der Waals surface area (Å²) in [7, 11) is 1.77. The second kappa shape index (κ2) is 6.61. The summed E-state index contributed by atoms with van der Waals surface area (Å²) in [4.78, 5) is 24.2. The minimum absolute atomic E-state index is 0.0482. The molecular weight excluding hydrogens is 266 g/mol. The van der Waals surface area contributed by atoms with Gasteiger partial charge in [-0.3, -0.25) is 13.9 Å². The average Bonchev–Trinajstić information content (AvgIpc) is 2.74. The summed E-state index contributed by atoms with van der Waals surface area (Å²) >= 11 is 0. The largest absolute Gasteiger partial charge is 0.354 e. The fourth-order valence-corrected chi connectivity index (χ4v) is 2.67. The zero-order valence-corrected chi connectivity index (χ0v) is 12.9. The fraction of sp³-hybridized carbons (Fsp3) is 0.500. The van der Waals surface area contributed by atoms with Crippen molar-refractivity contribution in [1.82, 2.24) is 14.5 Å². The number of nitrogens with one attached hydrogen (secondary N) is 1. The highest BCUT2D eigenvalue weighted by Gasteiger charge is 2.14. The zero-order chi connectivity index (χ0) is 15.4. The van der Waals surface area contributed by atoms with Gasteiger partial charge in [0, 0.05) is 26.1 Å². The van der Waals surface area contributed by atoms with Crippen LogP contribution in [0.5, 0.6) is 0 Å². The predicted molar refractivity (Wildman–Crippen MR) is 84.3 cm³/mol. The second-order valence-electron chi connectivity index (χ2n) is 5.29. The van der Waals surface area contributed by atoms with Gasteiger partial charge in [0.1, 0.15) is 0 Å². The lowest BCUT2D eigenvalue weighted by atomic mass is 10.0. The number of hydrogen-bond donors (Lipinski definition) is 1. The predicted octanol–water partition coefficient (Wildman–Crippen LogP) is 1.89. The first-order valence-electron chi connectivity index (χ1n) is 7.52. The Balaban J connectivity index is 2.10. The molecule has 1 N–H and O–H groups in total. The Kier molecular flexibility index (Phi) is 4.83. The van der Waals surface area contributed by atoms with E-state index in [4.69, 9.17) is 0 Å². The van der Waals surface area contributed by atoms with Crippen molar-refractivity contribution in [2.75, 3.05) is 6.54 Å². The van der Waals surface area contributed by atoms with Crippen molar-refractivity contribution >= 4 is 16.9 Å². The van der Waals surface area contributed by atoms with Crippen LogP contribution in [-0.2, 0) is 18.4 Å². The van der Waals surface area contributed by atoms with Crippen LogP contribution in [0, 0.1) is 5.92 Å². The van der Waals surface area contributed by atoms with Gasteiger partial charge in [-0.2, -0.15) is 0 Å². The smallest absolute Gasteiger partial charge is 0.328 e. The monoisotopic (exact) mass is 289 g/mol. The van der Waals surface area contributed by atoms with Crippen molar-refractivity contribution in [2.24, 2.45) is 13.0 Å². The molecule has 5 nitrogen and oxygen atoms in total. The van der Waals surface area contributed by atoms with Crippen molar-refractivity contribution in [3.8, 4) is 0 Å². The first kappa shape index (κ1) is 15.4. The molecule has 0 aliphatic rings. The summed E-state index contributed by atoms with van der Waals surface area (Å²) < 4.78 is 3.35. The molecule has 1 aromatic carbocycles.